The van der Waals surface area contributed by atoms with Crippen LogP contribution in [0, 0.1) is 0 Å². The van der Waals surface area contributed by atoms with Crippen molar-refractivity contribution in [2.45, 2.75) is 0 Å². The van der Waals surface area contributed by atoms with Gasteiger partial charge in [-0.05, 0) is 36.4 Å². The second-order valence-electron chi connectivity index (χ2n) is 8.48. The van der Waals surface area contributed by atoms with Crippen molar-refractivity contribution >= 4 is 0 Å². The fourth-order valence-corrected chi connectivity index (χ4v) is 4.15. The highest BCUT2D eigenvalue weighted by Gasteiger charge is 2.14. The molecule has 0 radical (unpaired) electrons. The monoisotopic (exact) mass is 510 g/mol. The number of nitrogens with zero attached hydrogens (tertiary/aromatic N) is 12. The molecule has 0 atom stereocenters. The molecule has 186 valence electrons. The highest BCUT2D eigenvalue weighted by molar-refractivity contribution is 5.69. The third kappa shape index (κ3) is 4.42. The SMILES string of the molecule is c1cc(-c2nc(-c3cccc(-n4cncn4)c3)nc(-c3cccc(-n4cncn4)c3)n2)cc(-n2cncn2)c1. The molecule has 0 amide bonds. The van der Waals surface area contributed by atoms with E-state index in [-0.39, 0.29) is 0 Å². The summed E-state index contributed by atoms with van der Waals surface area (Å²) in [6, 6.07) is 23.4. The summed E-state index contributed by atoms with van der Waals surface area (Å²) >= 11 is 0. The van der Waals surface area contributed by atoms with E-state index < -0.39 is 0 Å². The molecule has 4 heterocycles. The van der Waals surface area contributed by atoms with Crippen molar-refractivity contribution in [1.29, 1.82) is 0 Å². The first kappa shape index (κ1) is 22.3. The van der Waals surface area contributed by atoms with Crippen molar-refractivity contribution in [3.05, 3.63) is 111 Å². The molecule has 39 heavy (non-hydrogen) atoms. The molecule has 12 heteroatoms. The Hall–Kier alpha value is -5.91. The Morgan fingerprint density at radius 1 is 0.410 bits per heavy atom. The van der Waals surface area contributed by atoms with Crippen LogP contribution in [0.1, 0.15) is 0 Å². The van der Waals surface area contributed by atoms with Gasteiger partial charge in [-0.1, -0.05) is 36.4 Å². The Labute approximate surface area is 221 Å². The lowest BCUT2D eigenvalue weighted by Gasteiger charge is -2.11. The van der Waals surface area contributed by atoms with E-state index in [4.69, 9.17) is 15.0 Å². The number of hydrogen-bond acceptors (Lipinski definition) is 9. The highest BCUT2D eigenvalue weighted by Crippen LogP contribution is 2.27. The van der Waals surface area contributed by atoms with E-state index >= 15 is 0 Å². The summed E-state index contributed by atoms with van der Waals surface area (Å²) in [4.78, 5) is 26.8. The summed E-state index contributed by atoms with van der Waals surface area (Å²) < 4.78 is 5.07. The Balaban J connectivity index is 1.39. The average molecular weight is 511 g/mol. The molecule has 0 N–H and O–H groups in total. The Morgan fingerprint density at radius 3 is 1.03 bits per heavy atom. The number of benzene rings is 3. The zero-order chi connectivity index (χ0) is 26.0. The van der Waals surface area contributed by atoms with Gasteiger partial charge in [-0.2, -0.15) is 15.3 Å². The third-order valence-corrected chi connectivity index (χ3v) is 6.00. The van der Waals surface area contributed by atoms with Gasteiger partial charge < -0.3 is 0 Å². The lowest BCUT2D eigenvalue weighted by atomic mass is 10.1. The molecule has 0 aliphatic rings. The predicted octanol–water partition coefficient (Wildman–Crippen LogP) is 3.61. The van der Waals surface area contributed by atoms with Crippen molar-refractivity contribution < 1.29 is 0 Å². The Bertz CT molecular complexity index is 1630. The van der Waals surface area contributed by atoms with Crippen molar-refractivity contribution in [1.82, 2.24) is 59.2 Å². The van der Waals surface area contributed by atoms with Crippen molar-refractivity contribution in [2.75, 3.05) is 0 Å². The Morgan fingerprint density at radius 2 is 0.744 bits per heavy atom. The maximum absolute atomic E-state index is 4.88. The third-order valence-electron chi connectivity index (χ3n) is 6.00. The highest BCUT2D eigenvalue weighted by atomic mass is 15.3. The Kier molecular flexibility index (Phi) is 5.44. The lowest BCUT2D eigenvalue weighted by molar-refractivity contribution is 0.878. The summed E-state index contributed by atoms with van der Waals surface area (Å²) in [6.45, 7) is 0. The van der Waals surface area contributed by atoms with E-state index in [1.54, 1.807) is 33.0 Å². The zero-order valence-electron chi connectivity index (χ0n) is 20.3. The molecule has 0 saturated carbocycles. The molecule has 7 aromatic rings. The van der Waals surface area contributed by atoms with Gasteiger partial charge in [0.2, 0.25) is 0 Å². The van der Waals surface area contributed by atoms with Crippen molar-refractivity contribution in [3.63, 3.8) is 0 Å². The minimum atomic E-state index is 0.522. The fraction of sp³-hybridized carbons (Fsp3) is 0. The van der Waals surface area contributed by atoms with Gasteiger partial charge in [-0.15, -0.1) is 0 Å². The molecule has 4 aromatic heterocycles. The minimum absolute atomic E-state index is 0.522. The lowest BCUT2D eigenvalue weighted by Crippen LogP contribution is -2.02. The summed E-state index contributed by atoms with van der Waals surface area (Å²) in [6.07, 6.45) is 9.43. The first-order valence-corrected chi connectivity index (χ1v) is 11.9. The number of rotatable bonds is 6. The molecular weight excluding hydrogens is 492 g/mol. The van der Waals surface area contributed by atoms with Crippen LogP contribution in [-0.4, -0.2) is 59.2 Å². The van der Waals surface area contributed by atoms with E-state index in [9.17, 15) is 0 Å². The summed E-state index contributed by atoms with van der Waals surface area (Å²) in [5, 5.41) is 12.7. The molecule has 0 unspecified atom stereocenters. The van der Waals surface area contributed by atoms with Crippen LogP contribution >= 0.6 is 0 Å². The van der Waals surface area contributed by atoms with Crippen LogP contribution in [-0.2, 0) is 0 Å². The molecule has 3 aromatic carbocycles. The van der Waals surface area contributed by atoms with Gasteiger partial charge in [-0.25, -0.2) is 43.9 Å². The predicted molar refractivity (Wildman–Crippen MR) is 141 cm³/mol. The van der Waals surface area contributed by atoms with Gasteiger partial charge in [0.1, 0.15) is 38.0 Å². The first-order chi connectivity index (χ1) is 19.3. The molecule has 7 rings (SSSR count). The molecule has 0 saturated heterocycles. The van der Waals surface area contributed by atoms with E-state index in [1.807, 2.05) is 72.8 Å². The van der Waals surface area contributed by atoms with Crippen LogP contribution in [0.2, 0.25) is 0 Å². The number of hydrogen-bond donors (Lipinski definition) is 0. The van der Waals surface area contributed by atoms with Gasteiger partial charge in [-0.3, -0.25) is 0 Å². The average Bonchev–Trinajstić information content (AvgIpc) is 3.81. The maximum Gasteiger partial charge on any atom is 0.164 e. The molecular formula is C27H18N12. The summed E-state index contributed by atoms with van der Waals surface area (Å²) in [5.41, 5.74) is 4.97. The fourth-order valence-electron chi connectivity index (χ4n) is 4.15. The molecule has 0 fully saturated rings. The van der Waals surface area contributed by atoms with Crippen LogP contribution < -0.4 is 0 Å². The van der Waals surface area contributed by atoms with Crippen molar-refractivity contribution in [3.8, 4) is 51.2 Å². The van der Waals surface area contributed by atoms with E-state index in [0.29, 0.717) is 17.5 Å². The van der Waals surface area contributed by atoms with Crippen LogP contribution in [0.15, 0.2) is 111 Å². The normalized spacial score (nSPS) is 11.1. The molecule has 12 nitrogen and oxygen atoms in total. The molecule has 0 aliphatic heterocycles. The van der Waals surface area contributed by atoms with Gasteiger partial charge >= 0.3 is 0 Å². The quantitative estimate of drug-likeness (QED) is 0.329. The second kappa shape index (κ2) is 9.52. The van der Waals surface area contributed by atoms with Crippen LogP contribution in [0.4, 0.5) is 0 Å². The number of aromatic nitrogens is 12. The van der Waals surface area contributed by atoms with E-state index in [1.165, 1.54) is 19.0 Å². The van der Waals surface area contributed by atoms with Gasteiger partial charge in [0.25, 0.3) is 0 Å². The topological polar surface area (TPSA) is 131 Å². The molecule has 0 bridgehead atoms. The van der Waals surface area contributed by atoms with Crippen LogP contribution in [0.3, 0.4) is 0 Å². The van der Waals surface area contributed by atoms with Gasteiger partial charge in [0.15, 0.2) is 17.5 Å². The largest absolute Gasteiger partial charge is 0.223 e. The minimum Gasteiger partial charge on any atom is -0.223 e. The summed E-state index contributed by atoms with van der Waals surface area (Å²) in [5.74, 6) is 1.57. The van der Waals surface area contributed by atoms with Gasteiger partial charge in [0.05, 0.1) is 17.1 Å². The zero-order valence-corrected chi connectivity index (χ0v) is 20.3. The maximum atomic E-state index is 4.88. The van der Waals surface area contributed by atoms with E-state index in [2.05, 4.69) is 30.2 Å². The molecule has 0 spiro atoms. The second-order valence-corrected chi connectivity index (χ2v) is 8.48. The summed E-state index contributed by atoms with van der Waals surface area (Å²) in [7, 11) is 0. The van der Waals surface area contributed by atoms with Crippen molar-refractivity contribution in [2.24, 2.45) is 0 Å². The smallest absolute Gasteiger partial charge is 0.164 e. The van der Waals surface area contributed by atoms with Crippen LogP contribution in [0.5, 0.6) is 0 Å². The molecule has 0 aliphatic carbocycles. The van der Waals surface area contributed by atoms with Gasteiger partial charge in [0, 0.05) is 16.7 Å². The first-order valence-electron chi connectivity index (χ1n) is 11.9. The van der Waals surface area contributed by atoms with Crippen LogP contribution in [0.25, 0.3) is 51.2 Å². The van der Waals surface area contributed by atoms with E-state index in [0.717, 1.165) is 33.8 Å². The standard InChI is InChI=1S/C27H18N12/c1-4-19(10-22(7-1)37-16-28-13-31-37)25-34-26(20-5-2-8-23(11-20)38-17-29-14-32-38)36-27(35-25)21-6-3-9-24(12-21)39-18-30-15-33-39/h1-18H.